The lowest BCUT2D eigenvalue weighted by atomic mass is 10.2. The highest BCUT2D eigenvalue weighted by molar-refractivity contribution is 7.80. The van der Waals surface area contributed by atoms with Gasteiger partial charge in [0, 0.05) is 6.21 Å². The normalized spacial score (nSPS) is 10.9. The van der Waals surface area contributed by atoms with Crippen LogP contribution in [0.15, 0.2) is 41.5 Å². The van der Waals surface area contributed by atoms with Crippen LogP contribution in [0.25, 0.3) is 6.08 Å². The Labute approximate surface area is 88.3 Å². The van der Waals surface area contributed by atoms with Crippen molar-refractivity contribution in [3.63, 3.8) is 0 Å². The van der Waals surface area contributed by atoms with Crippen LogP contribution in [0.1, 0.15) is 5.56 Å². The van der Waals surface area contributed by atoms with Crippen LogP contribution >= 0.6 is 12.2 Å². The van der Waals surface area contributed by atoms with E-state index in [1.54, 1.807) is 12.3 Å². The molecule has 0 heterocycles. The molecular weight excluding hydrogens is 194 g/mol. The SMILES string of the molecule is NC(=S)N/N=C/C=C/c1ccccc1. The van der Waals surface area contributed by atoms with Gasteiger partial charge in [-0.2, -0.15) is 5.10 Å². The highest BCUT2D eigenvalue weighted by atomic mass is 32.1. The van der Waals surface area contributed by atoms with Gasteiger partial charge in [-0.1, -0.05) is 36.4 Å². The lowest BCUT2D eigenvalue weighted by Gasteiger charge is -1.91. The van der Waals surface area contributed by atoms with Crippen molar-refractivity contribution in [3.05, 3.63) is 42.0 Å². The van der Waals surface area contributed by atoms with Gasteiger partial charge in [0.05, 0.1) is 0 Å². The molecule has 0 radical (unpaired) electrons. The summed E-state index contributed by atoms with van der Waals surface area (Å²) in [7, 11) is 0. The van der Waals surface area contributed by atoms with Gasteiger partial charge in [0.1, 0.15) is 0 Å². The van der Waals surface area contributed by atoms with E-state index in [1.165, 1.54) is 0 Å². The zero-order valence-corrected chi connectivity index (χ0v) is 8.37. The molecule has 0 saturated heterocycles. The predicted molar refractivity (Wildman–Crippen MR) is 63.9 cm³/mol. The number of nitrogens with two attached hydrogens (primary N) is 1. The molecule has 0 atom stereocenters. The zero-order valence-electron chi connectivity index (χ0n) is 7.55. The molecule has 0 aliphatic carbocycles. The summed E-state index contributed by atoms with van der Waals surface area (Å²) in [6.07, 6.45) is 5.33. The van der Waals surface area contributed by atoms with E-state index < -0.39 is 0 Å². The van der Waals surface area contributed by atoms with E-state index in [2.05, 4.69) is 22.7 Å². The Balaban J connectivity index is 2.42. The second-order valence-corrected chi connectivity index (χ2v) is 2.96. The van der Waals surface area contributed by atoms with Crippen LogP contribution in [0.4, 0.5) is 0 Å². The monoisotopic (exact) mass is 205 g/mol. The molecule has 0 fully saturated rings. The van der Waals surface area contributed by atoms with E-state index in [9.17, 15) is 0 Å². The third-order valence-corrected chi connectivity index (χ3v) is 1.51. The number of rotatable bonds is 3. The minimum atomic E-state index is 0.161. The molecular formula is C10H11N3S. The Morgan fingerprint density at radius 2 is 2.07 bits per heavy atom. The second kappa shape index (κ2) is 5.88. The topological polar surface area (TPSA) is 50.4 Å². The summed E-state index contributed by atoms with van der Waals surface area (Å²) in [4.78, 5) is 0. The fourth-order valence-corrected chi connectivity index (χ4v) is 0.915. The Bertz CT molecular complexity index is 344. The van der Waals surface area contributed by atoms with Gasteiger partial charge in [0.25, 0.3) is 0 Å². The molecule has 0 saturated carbocycles. The highest BCUT2D eigenvalue weighted by Crippen LogP contribution is 1.99. The first-order chi connectivity index (χ1) is 6.79. The van der Waals surface area contributed by atoms with Crippen LogP contribution in [0.3, 0.4) is 0 Å². The molecule has 0 aliphatic heterocycles. The molecule has 14 heavy (non-hydrogen) atoms. The average Bonchev–Trinajstić information content (AvgIpc) is 2.18. The van der Waals surface area contributed by atoms with E-state index in [0.717, 1.165) is 5.56 Å². The molecule has 1 aromatic carbocycles. The van der Waals surface area contributed by atoms with Crippen molar-refractivity contribution in [2.75, 3.05) is 0 Å². The molecule has 0 spiro atoms. The maximum Gasteiger partial charge on any atom is 0.184 e. The largest absolute Gasteiger partial charge is 0.375 e. The van der Waals surface area contributed by atoms with Gasteiger partial charge < -0.3 is 5.73 Å². The third-order valence-electron chi connectivity index (χ3n) is 1.42. The van der Waals surface area contributed by atoms with Crippen molar-refractivity contribution in [1.82, 2.24) is 5.43 Å². The predicted octanol–water partition coefficient (Wildman–Crippen LogP) is 1.52. The van der Waals surface area contributed by atoms with Crippen molar-refractivity contribution in [2.24, 2.45) is 10.8 Å². The highest BCUT2D eigenvalue weighted by Gasteiger charge is 1.80. The van der Waals surface area contributed by atoms with Crippen LogP contribution in [0, 0.1) is 0 Å². The molecule has 3 N–H and O–H groups in total. The maximum atomic E-state index is 5.17. The quantitative estimate of drug-likeness (QED) is 0.447. The minimum Gasteiger partial charge on any atom is -0.375 e. The molecule has 3 nitrogen and oxygen atoms in total. The van der Waals surface area contributed by atoms with Crippen LogP contribution in [0.5, 0.6) is 0 Å². The first kappa shape index (κ1) is 10.4. The molecule has 4 heteroatoms. The summed E-state index contributed by atoms with van der Waals surface area (Å²) < 4.78 is 0. The molecule has 72 valence electrons. The van der Waals surface area contributed by atoms with Crippen molar-refractivity contribution >= 4 is 29.6 Å². The Kier molecular flexibility index (Phi) is 4.37. The number of nitrogens with one attached hydrogen (secondary N) is 1. The van der Waals surface area contributed by atoms with Crippen LogP contribution in [-0.4, -0.2) is 11.3 Å². The lowest BCUT2D eigenvalue weighted by molar-refractivity contribution is 1.04. The van der Waals surface area contributed by atoms with Gasteiger partial charge >= 0.3 is 0 Å². The number of hydrazone groups is 1. The zero-order chi connectivity index (χ0) is 10.2. The number of hydrogen-bond donors (Lipinski definition) is 2. The third kappa shape index (κ3) is 4.37. The fourth-order valence-electron chi connectivity index (χ4n) is 0.862. The number of thiocarbonyl (C=S) groups is 1. The summed E-state index contributed by atoms with van der Waals surface area (Å²) >= 11 is 4.57. The van der Waals surface area contributed by atoms with E-state index in [1.807, 2.05) is 36.4 Å². The van der Waals surface area contributed by atoms with Crippen molar-refractivity contribution in [2.45, 2.75) is 0 Å². The molecule has 0 bridgehead atoms. The van der Waals surface area contributed by atoms with Crippen LogP contribution in [0.2, 0.25) is 0 Å². The van der Waals surface area contributed by atoms with Crippen molar-refractivity contribution in [3.8, 4) is 0 Å². The van der Waals surface area contributed by atoms with E-state index in [4.69, 9.17) is 5.73 Å². The molecule has 0 aromatic heterocycles. The van der Waals surface area contributed by atoms with Gasteiger partial charge in [-0.3, -0.25) is 5.43 Å². The number of nitrogens with zero attached hydrogens (tertiary/aromatic N) is 1. The Morgan fingerprint density at radius 1 is 1.36 bits per heavy atom. The van der Waals surface area contributed by atoms with E-state index >= 15 is 0 Å². The lowest BCUT2D eigenvalue weighted by Crippen LogP contribution is -2.23. The van der Waals surface area contributed by atoms with Gasteiger partial charge in [-0.25, -0.2) is 0 Å². The standard InChI is InChI=1S/C10H11N3S/c11-10(14)13-12-8-4-7-9-5-2-1-3-6-9/h1-8H,(H3,11,13,14)/b7-4+,12-8+. The summed E-state index contributed by atoms with van der Waals surface area (Å²) in [5, 5.41) is 3.92. The molecule has 0 aliphatic rings. The smallest absolute Gasteiger partial charge is 0.184 e. The summed E-state index contributed by atoms with van der Waals surface area (Å²) in [5.74, 6) is 0. The van der Waals surface area contributed by atoms with E-state index in [0.29, 0.717) is 0 Å². The van der Waals surface area contributed by atoms with Crippen molar-refractivity contribution in [1.29, 1.82) is 0 Å². The minimum absolute atomic E-state index is 0.161. The fraction of sp³-hybridized carbons (Fsp3) is 0. The van der Waals surface area contributed by atoms with Gasteiger partial charge in [0.15, 0.2) is 5.11 Å². The van der Waals surface area contributed by atoms with Crippen LogP contribution < -0.4 is 11.2 Å². The molecule has 1 aromatic rings. The van der Waals surface area contributed by atoms with Gasteiger partial charge in [-0.15, -0.1) is 0 Å². The average molecular weight is 205 g/mol. The van der Waals surface area contributed by atoms with Crippen molar-refractivity contribution < 1.29 is 0 Å². The molecule has 0 unspecified atom stereocenters. The van der Waals surface area contributed by atoms with Gasteiger partial charge in [0.2, 0.25) is 0 Å². The van der Waals surface area contributed by atoms with Crippen LogP contribution in [-0.2, 0) is 0 Å². The summed E-state index contributed by atoms with van der Waals surface area (Å²) in [6, 6.07) is 9.94. The maximum absolute atomic E-state index is 5.17. The van der Waals surface area contributed by atoms with E-state index in [-0.39, 0.29) is 5.11 Å². The summed E-state index contributed by atoms with van der Waals surface area (Å²) in [5.41, 5.74) is 8.75. The summed E-state index contributed by atoms with van der Waals surface area (Å²) in [6.45, 7) is 0. The number of allylic oxidation sites excluding steroid dienone is 1. The first-order valence-corrected chi connectivity index (χ1v) is 4.50. The molecule has 0 amide bonds. The Morgan fingerprint density at radius 3 is 2.71 bits per heavy atom. The van der Waals surface area contributed by atoms with Gasteiger partial charge in [-0.05, 0) is 23.9 Å². The second-order valence-electron chi connectivity index (χ2n) is 2.52. The first-order valence-electron chi connectivity index (χ1n) is 4.09. The Hall–Kier alpha value is -1.68. The molecule has 1 rings (SSSR count). The number of hydrogen-bond acceptors (Lipinski definition) is 2. The number of benzene rings is 1.